The first kappa shape index (κ1) is 11.8. The lowest BCUT2D eigenvalue weighted by molar-refractivity contribution is -0.137. The zero-order chi connectivity index (χ0) is 11.6. The summed E-state index contributed by atoms with van der Waals surface area (Å²) in [6, 6.07) is 1.97. The predicted octanol–water partition coefficient (Wildman–Crippen LogP) is 1.28. The zero-order valence-corrected chi connectivity index (χ0v) is 7.75. The van der Waals surface area contributed by atoms with Crippen LogP contribution in [0, 0.1) is 0 Å². The molecule has 0 spiro atoms. The van der Waals surface area contributed by atoms with E-state index in [0.717, 1.165) is 18.2 Å². The van der Waals surface area contributed by atoms with Crippen molar-refractivity contribution in [1.82, 2.24) is 0 Å². The first-order chi connectivity index (χ1) is 6.86. The second-order valence-electron chi connectivity index (χ2n) is 3.13. The summed E-state index contributed by atoms with van der Waals surface area (Å²) >= 11 is 0. The van der Waals surface area contributed by atoms with Crippen LogP contribution in [0.2, 0.25) is 0 Å². The van der Waals surface area contributed by atoms with Gasteiger partial charge in [-0.05, 0) is 23.8 Å². The van der Waals surface area contributed by atoms with Crippen molar-refractivity contribution in [2.45, 2.75) is 12.2 Å². The molecule has 1 rings (SSSR count). The molecule has 3 nitrogen and oxygen atoms in total. The molecule has 0 amide bonds. The Morgan fingerprint density at radius 3 is 2.40 bits per heavy atom. The van der Waals surface area contributed by atoms with E-state index in [1.165, 1.54) is 0 Å². The van der Waals surface area contributed by atoms with Crippen molar-refractivity contribution in [3.8, 4) is 0 Å². The molecule has 0 aliphatic rings. The number of aliphatic hydroxyl groups is 1. The quantitative estimate of drug-likeness (QED) is 0.657. The summed E-state index contributed by atoms with van der Waals surface area (Å²) in [6.07, 6.45) is -4.43. The molecule has 84 valence electrons. The lowest BCUT2D eigenvalue weighted by Crippen LogP contribution is -2.17. The molecule has 0 heterocycles. The van der Waals surface area contributed by atoms with Crippen LogP contribution in [0.4, 0.5) is 18.9 Å². The standard InChI is InChI=1S/C9H11F3N2O/c10-9(11,12)5-1-2-7(13)6(3-5)8(14)4-15/h1-3,8,15H,4,13-14H2/t8-/m1/s1. The average molecular weight is 220 g/mol. The summed E-state index contributed by atoms with van der Waals surface area (Å²) in [4.78, 5) is 0. The summed E-state index contributed by atoms with van der Waals surface area (Å²) in [5, 5.41) is 8.74. The SMILES string of the molecule is Nc1ccc(C(F)(F)F)cc1[C@H](N)CO. The first-order valence-corrected chi connectivity index (χ1v) is 4.19. The fourth-order valence-electron chi connectivity index (χ4n) is 1.17. The Kier molecular flexibility index (Phi) is 3.21. The highest BCUT2D eigenvalue weighted by atomic mass is 19.4. The van der Waals surface area contributed by atoms with Gasteiger partial charge < -0.3 is 16.6 Å². The van der Waals surface area contributed by atoms with Gasteiger partial charge in [0.15, 0.2) is 0 Å². The van der Waals surface area contributed by atoms with Crippen LogP contribution in [0.25, 0.3) is 0 Å². The van der Waals surface area contributed by atoms with Gasteiger partial charge in [0, 0.05) is 5.69 Å². The van der Waals surface area contributed by atoms with Crippen molar-refractivity contribution in [2.24, 2.45) is 5.73 Å². The van der Waals surface area contributed by atoms with Crippen LogP contribution in [0.1, 0.15) is 17.2 Å². The first-order valence-electron chi connectivity index (χ1n) is 4.19. The van der Waals surface area contributed by atoms with Crippen LogP contribution in [0.3, 0.4) is 0 Å². The van der Waals surface area contributed by atoms with E-state index in [2.05, 4.69) is 0 Å². The van der Waals surface area contributed by atoms with Gasteiger partial charge in [-0.15, -0.1) is 0 Å². The normalized spacial score (nSPS) is 13.9. The molecule has 0 bridgehead atoms. The molecule has 1 atom stereocenters. The Morgan fingerprint density at radius 2 is 1.93 bits per heavy atom. The number of hydrogen-bond acceptors (Lipinski definition) is 3. The predicted molar refractivity (Wildman–Crippen MR) is 49.9 cm³/mol. The number of hydrogen-bond donors (Lipinski definition) is 3. The molecule has 0 aliphatic carbocycles. The van der Waals surface area contributed by atoms with Gasteiger partial charge in [-0.25, -0.2) is 0 Å². The van der Waals surface area contributed by atoms with E-state index < -0.39 is 24.4 Å². The molecule has 0 radical (unpaired) electrons. The van der Waals surface area contributed by atoms with Crippen molar-refractivity contribution < 1.29 is 18.3 Å². The number of alkyl halides is 3. The maximum atomic E-state index is 12.3. The minimum atomic E-state index is -4.43. The van der Waals surface area contributed by atoms with Crippen molar-refractivity contribution in [1.29, 1.82) is 0 Å². The van der Waals surface area contributed by atoms with Crippen LogP contribution in [-0.4, -0.2) is 11.7 Å². The van der Waals surface area contributed by atoms with E-state index in [-0.39, 0.29) is 11.3 Å². The molecule has 1 aromatic rings. The minimum Gasteiger partial charge on any atom is -0.398 e. The van der Waals surface area contributed by atoms with Crippen LogP contribution in [0.15, 0.2) is 18.2 Å². The largest absolute Gasteiger partial charge is 0.416 e. The van der Waals surface area contributed by atoms with E-state index in [4.69, 9.17) is 16.6 Å². The number of nitrogens with two attached hydrogens (primary N) is 2. The molecular formula is C9H11F3N2O. The van der Waals surface area contributed by atoms with Gasteiger partial charge in [0.05, 0.1) is 18.2 Å². The number of aliphatic hydroxyl groups excluding tert-OH is 1. The molecular weight excluding hydrogens is 209 g/mol. The maximum absolute atomic E-state index is 12.3. The third-order valence-electron chi connectivity index (χ3n) is 2.01. The van der Waals surface area contributed by atoms with E-state index in [1.54, 1.807) is 0 Å². The summed E-state index contributed by atoms with van der Waals surface area (Å²) in [5.74, 6) is 0. The van der Waals surface area contributed by atoms with Crippen molar-refractivity contribution in [2.75, 3.05) is 12.3 Å². The van der Waals surface area contributed by atoms with Crippen molar-refractivity contribution in [3.05, 3.63) is 29.3 Å². The Morgan fingerprint density at radius 1 is 1.33 bits per heavy atom. The van der Waals surface area contributed by atoms with Crippen LogP contribution >= 0.6 is 0 Å². The molecule has 0 unspecified atom stereocenters. The minimum absolute atomic E-state index is 0.104. The monoisotopic (exact) mass is 220 g/mol. The van der Waals surface area contributed by atoms with Gasteiger partial charge in [-0.3, -0.25) is 0 Å². The van der Waals surface area contributed by atoms with E-state index in [1.807, 2.05) is 0 Å². The molecule has 5 N–H and O–H groups in total. The number of rotatable bonds is 2. The summed E-state index contributed by atoms with van der Waals surface area (Å²) in [6.45, 7) is -0.453. The second kappa shape index (κ2) is 4.08. The summed E-state index contributed by atoms with van der Waals surface area (Å²) in [7, 11) is 0. The van der Waals surface area contributed by atoms with Gasteiger partial charge in [0.25, 0.3) is 0 Å². The molecule has 6 heteroatoms. The third-order valence-corrected chi connectivity index (χ3v) is 2.01. The lowest BCUT2D eigenvalue weighted by atomic mass is 10.0. The van der Waals surface area contributed by atoms with E-state index in [0.29, 0.717) is 0 Å². The maximum Gasteiger partial charge on any atom is 0.416 e. The van der Waals surface area contributed by atoms with Gasteiger partial charge in [0.2, 0.25) is 0 Å². The molecule has 0 saturated carbocycles. The third kappa shape index (κ3) is 2.60. The Balaban J connectivity index is 3.17. The molecule has 0 aliphatic heterocycles. The summed E-state index contributed by atoms with van der Waals surface area (Å²) in [5.41, 5.74) is 10.3. The van der Waals surface area contributed by atoms with Crippen molar-refractivity contribution in [3.63, 3.8) is 0 Å². The Hall–Kier alpha value is -1.27. The van der Waals surface area contributed by atoms with E-state index in [9.17, 15) is 13.2 Å². The highest BCUT2D eigenvalue weighted by molar-refractivity contribution is 5.50. The Bertz CT molecular complexity index is 352. The molecule has 0 fully saturated rings. The second-order valence-corrected chi connectivity index (χ2v) is 3.13. The molecule has 0 saturated heterocycles. The van der Waals surface area contributed by atoms with Crippen LogP contribution in [0.5, 0.6) is 0 Å². The number of halogens is 3. The lowest BCUT2D eigenvalue weighted by Gasteiger charge is -2.14. The van der Waals surface area contributed by atoms with Gasteiger partial charge >= 0.3 is 6.18 Å². The van der Waals surface area contributed by atoms with E-state index >= 15 is 0 Å². The zero-order valence-electron chi connectivity index (χ0n) is 7.75. The number of benzene rings is 1. The Labute approximate surface area is 84.5 Å². The molecule has 1 aromatic carbocycles. The number of anilines is 1. The van der Waals surface area contributed by atoms with Gasteiger partial charge in [0.1, 0.15) is 0 Å². The summed E-state index contributed by atoms with van der Waals surface area (Å²) < 4.78 is 37.0. The van der Waals surface area contributed by atoms with Gasteiger partial charge in [-0.2, -0.15) is 13.2 Å². The fourth-order valence-corrected chi connectivity index (χ4v) is 1.17. The van der Waals surface area contributed by atoms with Crippen LogP contribution < -0.4 is 11.5 Å². The highest BCUT2D eigenvalue weighted by Gasteiger charge is 2.31. The van der Waals surface area contributed by atoms with Gasteiger partial charge in [-0.1, -0.05) is 0 Å². The number of nitrogen functional groups attached to an aromatic ring is 1. The van der Waals surface area contributed by atoms with Crippen molar-refractivity contribution >= 4 is 5.69 Å². The smallest absolute Gasteiger partial charge is 0.398 e. The topological polar surface area (TPSA) is 72.3 Å². The highest BCUT2D eigenvalue weighted by Crippen LogP contribution is 2.32. The molecule has 0 aromatic heterocycles. The molecule has 15 heavy (non-hydrogen) atoms. The fraction of sp³-hybridized carbons (Fsp3) is 0.333. The average Bonchev–Trinajstić information content (AvgIpc) is 2.15. The van der Waals surface area contributed by atoms with Crippen LogP contribution in [-0.2, 0) is 6.18 Å².